The summed E-state index contributed by atoms with van der Waals surface area (Å²) in [5.74, 6) is 1.04. The summed E-state index contributed by atoms with van der Waals surface area (Å²) in [6, 6.07) is 10.1. The Labute approximate surface area is 185 Å². The van der Waals surface area contributed by atoms with Crippen molar-refractivity contribution in [3.05, 3.63) is 64.6 Å². The third kappa shape index (κ3) is 3.61. The number of aromatic amines is 1. The van der Waals surface area contributed by atoms with E-state index in [0.29, 0.717) is 12.2 Å². The number of hydrogen-bond donors (Lipinski definition) is 2. The lowest BCUT2D eigenvalue weighted by atomic mass is 9.95. The van der Waals surface area contributed by atoms with Crippen LogP contribution in [0, 0.1) is 6.92 Å². The highest BCUT2D eigenvalue weighted by Gasteiger charge is 2.31. The van der Waals surface area contributed by atoms with Gasteiger partial charge in [0.1, 0.15) is 4.83 Å². The minimum Gasteiger partial charge on any atom is -0.337 e. The molecule has 31 heavy (non-hydrogen) atoms. The average Bonchev–Trinajstić information content (AvgIpc) is 3.50. The first-order chi connectivity index (χ1) is 15.2. The summed E-state index contributed by atoms with van der Waals surface area (Å²) in [7, 11) is 0. The van der Waals surface area contributed by atoms with Gasteiger partial charge >= 0.3 is 0 Å². The molecule has 1 fully saturated rings. The summed E-state index contributed by atoms with van der Waals surface area (Å²) in [5.41, 5.74) is 4.62. The maximum absolute atomic E-state index is 13.2. The monoisotopic (exact) mass is 434 g/mol. The summed E-state index contributed by atoms with van der Waals surface area (Å²) in [6.07, 6.45) is 4.88. The maximum Gasteiger partial charge on any atom is 0.274 e. The molecule has 0 spiro atoms. The topological polar surface area (TPSA) is 78.3 Å². The fourth-order valence-corrected chi connectivity index (χ4v) is 5.28. The fraction of sp³-hybridized carbons (Fsp3) is 0.348. The Kier molecular flexibility index (Phi) is 5.23. The van der Waals surface area contributed by atoms with E-state index < -0.39 is 0 Å². The van der Waals surface area contributed by atoms with Crippen LogP contribution in [-0.4, -0.2) is 43.5 Å². The van der Waals surface area contributed by atoms with Crippen molar-refractivity contribution in [3.8, 4) is 0 Å². The van der Waals surface area contributed by atoms with Crippen LogP contribution in [0.3, 0.4) is 0 Å². The molecule has 1 atom stereocenters. The van der Waals surface area contributed by atoms with Crippen molar-refractivity contribution in [1.82, 2.24) is 24.5 Å². The Morgan fingerprint density at radius 3 is 2.94 bits per heavy atom. The van der Waals surface area contributed by atoms with E-state index in [2.05, 4.69) is 32.2 Å². The van der Waals surface area contributed by atoms with Crippen LogP contribution in [-0.2, 0) is 6.42 Å². The van der Waals surface area contributed by atoms with Crippen molar-refractivity contribution < 1.29 is 4.79 Å². The zero-order valence-corrected chi connectivity index (χ0v) is 18.6. The molecular weight excluding hydrogens is 408 g/mol. The van der Waals surface area contributed by atoms with Crippen molar-refractivity contribution in [2.45, 2.75) is 39.0 Å². The number of fused-ring (bicyclic) bond motifs is 1. The van der Waals surface area contributed by atoms with Gasteiger partial charge < -0.3 is 10.2 Å². The van der Waals surface area contributed by atoms with E-state index in [0.717, 1.165) is 59.2 Å². The smallest absolute Gasteiger partial charge is 0.274 e. The number of rotatable bonds is 5. The van der Waals surface area contributed by atoms with Crippen LogP contribution < -0.4 is 5.32 Å². The molecule has 1 aromatic carbocycles. The second kappa shape index (κ2) is 8.19. The molecule has 3 aromatic heterocycles. The van der Waals surface area contributed by atoms with Crippen LogP contribution in [0.1, 0.15) is 53.1 Å². The Morgan fingerprint density at radius 1 is 1.32 bits per heavy atom. The van der Waals surface area contributed by atoms with Crippen LogP contribution in [0.4, 0.5) is 11.6 Å². The summed E-state index contributed by atoms with van der Waals surface area (Å²) >= 11 is 1.69. The number of thiazole rings is 1. The van der Waals surface area contributed by atoms with Crippen LogP contribution >= 0.6 is 11.3 Å². The number of carbonyl (C=O) groups is 1. The van der Waals surface area contributed by atoms with E-state index in [-0.39, 0.29) is 11.8 Å². The number of anilines is 2. The van der Waals surface area contributed by atoms with Gasteiger partial charge in [0.15, 0.2) is 5.69 Å². The molecule has 4 aromatic rings. The number of carbonyl (C=O) groups excluding carboxylic acids is 1. The van der Waals surface area contributed by atoms with Gasteiger partial charge in [0, 0.05) is 47.5 Å². The van der Waals surface area contributed by atoms with Crippen molar-refractivity contribution in [3.63, 3.8) is 0 Å². The van der Waals surface area contributed by atoms with Gasteiger partial charge in [0.25, 0.3) is 5.91 Å². The molecule has 8 heteroatoms. The first-order valence-corrected chi connectivity index (χ1v) is 11.6. The summed E-state index contributed by atoms with van der Waals surface area (Å²) in [5, 5.41) is 12.8. The molecule has 1 saturated heterocycles. The minimum atomic E-state index is 0.0161. The van der Waals surface area contributed by atoms with Crippen molar-refractivity contribution >= 4 is 33.7 Å². The summed E-state index contributed by atoms with van der Waals surface area (Å²) in [4.78, 5) is 21.3. The molecule has 5 rings (SSSR count). The van der Waals surface area contributed by atoms with Gasteiger partial charge in [-0.05, 0) is 38.3 Å². The van der Waals surface area contributed by atoms with Gasteiger partial charge in [-0.1, -0.05) is 25.1 Å². The Bertz CT molecular complexity index is 1210. The average molecular weight is 435 g/mol. The lowest BCUT2D eigenvalue weighted by molar-refractivity contribution is 0.0699. The lowest BCUT2D eigenvalue weighted by Crippen LogP contribution is -2.39. The third-order valence-electron chi connectivity index (χ3n) is 6.07. The van der Waals surface area contributed by atoms with E-state index in [9.17, 15) is 4.79 Å². The second-order valence-electron chi connectivity index (χ2n) is 8.01. The van der Waals surface area contributed by atoms with Crippen LogP contribution in [0.25, 0.3) is 4.83 Å². The van der Waals surface area contributed by atoms with Crippen molar-refractivity contribution in [2.75, 3.05) is 18.4 Å². The predicted octanol–water partition coefficient (Wildman–Crippen LogP) is 4.75. The molecule has 0 aliphatic carbocycles. The number of piperidine rings is 1. The molecule has 7 nitrogen and oxygen atoms in total. The van der Waals surface area contributed by atoms with E-state index in [1.165, 1.54) is 0 Å². The SMILES string of the molecule is CCc1[nH]nc(C(=O)N2CCC[C@H](c3nc(Nc4ccccc4)n4ccsc34)C2)c1C. The minimum absolute atomic E-state index is 0.0161. The number of benzene rings is 1. The molecule has 160 valence electrons. The fourth-order valence-electron chi connectivity index (χ4n) is 4.37. The molecule has 1 aliphatic rings. The number of para-hydroxylation sites is 1. The van der Waals surface area contributed by atoms with Crippen LogP contribution in [0.2, 0.25) is 0 Å². The van der Waals surface area contributed by atoms with Crippen LogP contribution in [0.5, 0.6) is 0 Å². The number of imidazole rings is 1. The van der Waals surface area contributed by atoms with Crippen LogP contribution in [0.15, 0.2) is 41.9 Å². The molecule has 0 radical (unpaired) electrons. The first-order valence-electron chi connectivity index (χ1n) is 10.8. The largest absolute Gasteiger partial charge is 0.337 e. The predicted molar refractivity (Wildman–Crippen MR) is 123 cm³/mol. The molecule has 1 aliphatic heterocycles. The van der Waals surface area contributed by atoms with Gasteiger partial charge in [-0.3, -0.25) is 14.3 Å². The highest BCUT2D eigenvalue weighted by molar-refractivity contribution is 7.15. The number of likely N-dealkylation sites (tertiary alicyclic amines) is 1. The molecule has 0 bridgehead atoms. The van der Waals surface area contributed by atoms with E-state index >= 15 is 0 Å². The normalized spacial score (nSPS) is 16.7. The van der Waals surface area contributed by atoms with E-state index in [1.54, 1.807) is 11.3 Å². The number of aromatic nitrogens is 4. The molecule has 0 unspecified atom stereocenters. The standard InChI is InChI=1S/C23H26N6OS/c1-3-18-15(2)19(27-26-18)21(30)28-11-7-8-16(14-28)20-22-29(12-13-31-22)23(25-20)24-17-9-5-4-6-10-17/h4-6,9-10,12-13,16H,3,7-8,11,14H2,1-2H3,(H,24,25)(H,26,27)/t16-/m0/s1. The number of hydrogen-bond acceptors (Lipinski definition) is 5. The van der Waals surface area contributed by atoms with Gasteiger partial charge in [-0.15, -0.1) is 11.3 Å². The summed E-state index contributed by atoms with van der Waals surface area (Å²) in [6.45, 7) is 5.47. The molecule has 4 heterocycles. The summed E-state index contributed by atoms with van der Waals surface area (Å²) < 4.78 is 2.11. The quantitative estimate of drug-likeness (QED) is 0.475. The lowest BCUT2D eigenvalue weighted by Gasteiger charge is -2.31. The number of amides is 1. The van der Waals surface area contributed by atoms with Gasteiger partial charge in [-0.25, -0.2) is 4.98 Å². The van der Waals surface area contributed by atoms with Gasteiger partial charge in [0.05, 0.1) is 5.69 Å². The molecule has 0 saturated carbocycles. The number of nitrogens with zero attached hydrogens (tertiary/aromatic N) is 4. The zero-order valence-electron chi connectivity index (χ0n) is 17.8. The third-order valence-corrected chi connectivity index (χ3v) is 6.96. The van der Waals surface area contributed by atoms with Gasteiger partial charge in [-0.2, -0.15) is 5.10 Å². The Hall–Kier alpha value is -3.13. The zero-order chi connectivity index (χ0) is 21.4. The number of nitrogens with one attached hydrogen (secondary N) is 2. The van der Waals surface area contributed by atoms with Gasteiger partial charge in [0.2, 0.25) is 5.95 Å². The molecule has 1 amide bonds. The highest BCUT2D eigenvalue weighted by Crippen LogP contribution is 2.34. The highest BCUT2D eigenvalue weighted by atomic mass is 32.1. The maximum atomic E-state index is 13.2. The second-order valence-corrected chi connectivity index (χ2v) is 8.90. The molecular formula is C23H26N6OS. The van der Waals surface area contributed by atoms with Crippen molar-refractivity contribution in [1.29, 1.82) is 0 Å². The van der Waals surface area contributed by atoms with E-state index in [1.807, 2.05) is 48.4 Å². The number of aryl methyl sites for hydroxylation is 1. The van der Waals surface area contributed by atoms with Crippen molar-refractivity contribution in [2.24, 2.45) is 0 Å². The number of H-pyrrole nitrogens is 1. The first kappa shape index (κ1) is 19.8. The Balaban J connectivity index is 1.41. The Morgan fingerprint density at radius 2 is 2.16 bits per heavy atom. The van der Waals surface area contributed by atoms with E-state index in [4.69, 9.17) is 4.98 Å². The molecule has 2 N–H and O–H groups in total.